The average Bonchev–Trinajstić information content (AvgIpc) is 3.39. The zero-order chi connectivity index (χ0) is 29.4. The van der Waals surface area contributed by atoms with Crippen molar-refractivity contribution in [3.63, 3.8) is 0 Å². The highest BCUT2D eigenvalue weighted by Crippen LogP contribution is 2.33. The Bertz CT molecular complexity index is 1630. The van der Waals surface area contributed by atoms with Crippen LogP contribution in [-0.4, -0.2) is 43.4 Å². The quantitative estimate of drug-likeness (QED) is 0.131. The molecule has 1 heterocycles. The molecular weight excluding hydrogens is 560 g/mol. The van der Waals surface area contributed by atoms with Crippen LogP contribution < -0.4 is 5.32 Å². The number of benzene rings is 3. The smallest absolute Gasteiger partial charge is 0.302 e. The van der Waals surface area contributed by atoms with Gasteiger partial charge in [0.05, 0.1) is 29.4 Å². The Morgan fingerprint density at radius 3 is 2.20 bits per heavy atom. The van der Waals surface area contributed by atoms with E-state index in [1.807, 2.05) is 42.5 Å². The Labute approximate surface area is 243 Å². The highest BCUT2D eigenvalue weighted by atomic mass is 32.2. The first-order chi connectivity index (χ1) is 19.7. The third-order valence-electron chi connectivity index (χ3n) is 6.29. The van der Waals surface area contributed by atoms with Gasteiger partial charge in [0, 0.05) is 18.1 Å². The fourth-order valence-corrected chi connectivity index (χ4v) is 5.95. The predicted octanol–water partition coefficient (Wildman–Crippen LogP) is 5.51. The van der Waals surface area contributed by atoms with Crippen LogP contribution in [0.25, 0.3) is 11.3 Å². The van der Waals surface area contributed by atoms with Crippen molar-refractivity contribution in [2.75, 3.05) is 17.7 Å². The summed E-state index contributed by atoms with van der Waals surface area (Å²) in [4.78, 5) is 42.5. The molecule has 41 heavy (non-hydrogen) atoms. The summed E-state index contributed by atoms with van der Waals surface area (Å²) in [7, 11) is -3.32. The van der Waals surface area contributed by atoms with Crippen molar-refractivity contribution in [1.82, 2.24) is 4.98 Å². The highest BCUT2D eigenvalue weighted by Gasteiger charge is 2.22. The first-order valence-electron chi connectivity index (χ1n) is 13.1. The van der Waals surface area contributed by atoms with Crippen LogP contribution in [0.5, 0.6) is 0 Å². The van der Waals surface area contributed by atoms with Gasteiger partial charge in [-0.1, -0.05) is 85.0 Å². The van der Waals surface area contributed by atoms with Gasteiger partial charge in [0.25, 0.3) is 0 Å². The molecule has 4 aromatic rings. The molecule has 0 saturated carbocycles. The number of rotatable bonds is 12. The van der Waals surface area contributed by atoms with Crippen molar-refractivity contribution in [3.8, 4) is 11.3 Å². The summed E-state index contributed by atoms with van der Waals surface area (Å²) in [6, 6.07) is 22.8. The molecule has 212 valence electrons. The minimum absolute atomic E-state index is 0.00345. The number of esters is 1. The van der Waals surface area contributed by atoms with Crippen molar-refractivity contribution < 1.29 is 27.5 Å². The Morgan fingerprint density at radius 1 is 0.902 bits per heavy atom. The van der Waals surface area contributed by atoms with Gasteiger partial charge in [0.15, 0.2) is 15.0 Å². The SMILES string of the molecule is CCS(=O)(=O)c1ccc(CC(=O)Nc2nc(-c3ccccc3)c(C(=O)c3ccc(CCCOC(C)=O)cc3)s2)cc1. The van der Waals surface area contributed by atoms with Crippen molar-refractivity contribution in [3.05, 3.63) is 100 Å². The lowest BCUT2D eigenvalue weighted by Gasteiger charge is -2.05. The van der Waals surface area contributed by atoms with Gasteiger partial charge in [0.2, 0.25) is 11.7 Å². The van der Waals surface area contributed by atoms with E-state index in [0.29, 0.717) is 46.3 Å². The molecule has 0 aliphatic rings. The Morgan fingerprint density at radius 2 is 1.56 bits per heavy atom. The van der Waals surface area contributed by atoms with E-state index in [0.717, 1.165) is 22.5 Å². The topological polar surface area (TPSA) is 120 Å². The third-order valence-corrected chi connectivity index (χ3v) is 9.01. The number of anilines is 1. The molecule has 0 bridgehead atoms. The number of nitrogens with zero attached hydrogens (tertiary/aromatic N) is 1. The van der Waals surface area contributed by atoms with Gasteiger partial charge in [-0.25, -0.2) is 13.4 Å². The maximum absolute atomic E-state index is 13.6. The minimum atomic E-state index is -3.32. The van der Waals surface area contributed by atoms with Gasteiger partial charge in [-0.2, -0.15) is 0 Å². The van der Waals surface area contributed by atoms with Gasteiger partial charge < -0.3 is 10.1 Å². The number of sulfone groups is 1. The second-order valence-corrected chi connectivity index (χ2v) is 12.6. The molecule has 0 fully saturated rings. The number of nitrogens with one attached hydrogen (secondary N) is 1. The van der Waals surface area contributed by atoms with Crippen molar-refractivity contribution in [2.45, 2.75) is 38.0 Å². The summed E-state index contributed by atoms with van der Waals surface area (Å²) < 4.78 is 29.1. The number of aromatic nitrogens is 1. The van der Waals surface area contributed by atoms with E-state index >= 15 is 0 Å². The van der Waals surface area contributed by atoms with Crippen LogP contribution in [0.1, 0.15) is 46.6 Å². The normalized spacial score (nSPS) is 11.2. The summed E-state index contributed by atoms with van der Waals surface area (Å²) in [6.45, 7) is 3.30. The average molecular weight is 591 g/mol. The number of thiazole rings is 1. The van der Waals surface area contributed by atoms with E-state index in [1.54, 1.807) is 31.2 Å². The lowest BCUT2D eigenvalue weighted by Crippen LogP contribution is -2.14. The Kier molecular flexibility index (Phi) is 9.80. The molecule has 1 N–H and O–H groups in total. The van der Waals surface area contributed by atoms with Gasteiger partial charge in [-0.05, 0) is 36.1 Å². The monoisotopic (exact) mass is 590 g/mol. The second-order valence-electron chi connectivity index (χ2n) is 9.30. The summed E-state index contributed by atoms with van der Waals surface area (Å²) in [5, 5.41) is 3.09. The Balaban J connectivity index is 1.50. The predicted molar refractivity (Wildman–Crippen MR) is 159 cm³/mol. The van der Waals surface area contributed by atoms with E-state index in [-0.39, 0.29) is 34.7 Å². The number of carbonyl (C=O) groups is 3. The van der Waals surface area contributed by atoms with Crippen LogP contribution in [0.4, 0.5) is 5.13 Å². The number of hydrogen-bond donors (Lipinski definition) is 1. The lowest BCUT2D eigenvalue weighted by molar-refractivity contribution is -0.141. The molecule has 0 spiro atoms. The molecule has 0 radical (unpaired) electrons. The van der Waals surface area contributed by atoms with Crippen LogP contribution in [0.2, 0.25) is 0 Å². The number of ketones is 1. The number of aryl methyl sites for hydroxylation is 1. The maximum Gasteiger partial charge on any atom is 0.302 e. The molecule has 0 aliphatic carbocycles. The summed E-state index contributed by atoms with van der Waals surface area (Å²) in [6.07, 6.45) is 1.42. The zero-order valence-electron chi connectivity index (χ0n) is 22.8. The second kappa shape index (κ2) is 13.5. The first kappa shape index (κ1) is 29.8. The molecule has 0 atom stereocenters. The van der Waals surface area contributed by atoms with Crippen molar-refractivity contribution >= 4 is 44.0 Å². The first-order valence-corrected chi connectivity index (χ1v) is 15.6. The van der Waals surface area contributed by atoms with Crippen LogP contribution in [0.15, 0.2) is 83.8 Å². The van der Waals surface area contributed by atoms with Gasteiger partial charge >= 0.3 is 5.97 Å². The van der Waals surface area contributed by atoms with Crippen LogP contribution in [-0.2, 0) is 37.0 Å². The molecule has 4 rings (SSSR count). The lowest BCUT2D eigenvalue weighted by atomic mass is 10.0. The molecule has 1 amide bonds. The maximum atomic E-state index is 13.6. The number of ether oxygens (including phenoxy) is 1. The number of carbonyl (C=O) groups excluding carboxylic acids is 3. The molecule has 3 aromatic carbocycles. The Hall–Kier alpha value is -4.15. The van der Waals surface area contributed by atoms with Crippen LogP contribution in [0, 0.1) is 0 Å². The van der Waals surface area contributed by atoms with Crippen molar-refractivity contribution in [1.29, 1.82) is 0 Å². The molecule has 1 aromatic heterocycles. The molecule has 10 heteroatoms. The molecule has 0 unspecified atom stereocenters. The summed E-state index contributed by atoms with van der Waals surface area (Å²) in [5.74, 6) is -0.842. The highest BCUT2D eigenvalue weighted by molar-refractivity contribution is 7.91. The van der Waals surface area contributed by atoms with E-state index in [9.17, 15) is 22.8 Å². The number of hydrogen-bond acceptors (Lipinski definition) is 8. The van der Waals surface area contributed by atoms with Gasteiger partial charge in [0.1, 0.15) is 4.88 Å². The number of amides is 1. The summed E-state index contributed by atoms with van der Waals surface area (Å²) >= 11 is 1.11. The van der Waals surface area contributed by atoms with E-state index in [1.165, 1.54) is 19.1 Å². The van der Waals surface area contributed by atoms with Gasteiger partial charge in [-0.15, -0.1) is 0 Å². The van der Waals surface area contributed by atoms with Gasteiger partial charge in [-0.3, -0.25) is 14.4 Å². The molecule has 8 nitrogen and oxygen atoms in total. The van der Waals surface area contributed by atoms with E-state index in [2.05, 4.69) is 10.3 Å². The molecule has 0 aliphatic heterocycles. The molecular formula is C31H30N2O6S2. The largest absolute Gasteiger partial charge is 0.466 e. The van der Waals surface area contributed by atoms with Crippen LogP contribution >= 0.6 is 11.3 Å². The third kappa shape index (κ3) is 7.96. The summed E-state index contributed by atoms with van der Waals surface area (Å²) in [5.41, 5.74) is 3.41. The van der Waals surface area contributed by atoms with Crippen LogP contribution in [0.3, 0.4) is 0 Å². The minimum Gasteiger partial charge on any atom is -0.466 e. The van der Waals surface area contributed by atoms with E-state index < -0.39 is 9.84 Å². The fourth-order valence-electron chi connectivity index (χ4n) is 4.10. The molecule has 0 saturated heterocycles. The fraction of sp³-hybridized carbons (Fsp3) is 0.226. The standard InChI is InChI=1S/C31H30N2O6S2/c1-3-41(37,38)26-17-13-23(14-18-26)20-27(35)32-31-33-28(24-9-5-4-6-10-24)30(40-31)29(36)25-15-11-22(12-16-25)8-7-19-39-21(2)34/h4-6,9-18H,3,7-8,19-20H2,1-2H3,(H,32,33,35). The van der Waals surface area contributed by atoms with Crippen molar-refractivity contribution in [2.24, 2.45) is 0 Å². The van der Waals surface area contributed by atoms with E-state index in [4.69, 9.17) is 4.74 Å². The zero-order valence-corrected chi connectivity index (χ0v) is 24.4.